The van der Waals surface area contributed by atoms with E-state index in [-0.39, 0.29) is 0 Å². The quantitative estimate of drug-likeness (QED) is 0.775. The molecule has 3 nitrogen and oxygen atoms in total. The topological polar surface area (TPSA) is 31.4 Å². The van der Waals surface area contributed by atoms with E-state index < -0.39 is 0 Å². The maximum absolute atomic E-state index is 5.72. The molecule has 0 spiro atoms. The molecule has 0 aliphatic heterocycles. The summed E-state index contributed by atoms with van der Waals surface area (Å²) in [5.41, 5.74) is 1.89. The Morgan fingerprint density at radius 2 is 1.89 bits per heavy atom. The molecule has 0 N–H and O–H groups in total. The number of halogens is 1. The number of rotatable bonds is 5. The molecule has 0 unspecified atom stereocenters. The summed E-state index contributed by atoms with van der Waals surface area (Å²) in [5.74, 6) is 2.00. The Labute approximate surface area is 111 Å². The minimum Gasteiger partial charge on any atom is -0.497 e. The molecule has 4 heteroatoms. The van der Waals surface area contributed by atoms with Crippen molar-refractivity contribution in [3.63, 3.8) is 0 Å². The van der Waals surface area contributed by atoms with Crippen molar-refractivity contribution in [3.05, 3.63) is 53.9 Å². The molecule has 0 aliphatic rings. The second-order valence-electron chi connectivity index (χ2n) is 3.75. The summed E-state index contributed by atoms with van der Waals surface area (Å²) >= 11 is 5.72. The fourth-order valence-corrected chi connectivity index (χ4v) is 1.65. The summed E-state index contributed by atoms with van der Waals surface area (Å²) < 4.78 is 10.8. The minimum atomic E-state index is 0.389. The zero-order chi connectivity index (χ0) is 12.8. The van der Waals surface area contributed by atoms with Crippen LogP contribution < -0.4 is 9.47 Å². The maximum Gasteiger partial charge on any atom is 0.123 e. The standard InChI is InChI=1S/C14H14ClNO2/c1-17-13-4-2-11(3-5-13)10-18-14-6-7-16-12(8-14)9-15/h2-8H,9-10H2,1H3. The Hall–Kier alpha value is -1.74. The van der Waals surface area contributed by atoms with Crippen molar-refractivity contribution in [1.29, 1.82) is 0 Å². The third-order valence-corrected chi connectivity index (χ3v) is 2.76. The summed E-state index contributed by atoms with van der Waals surface area (Å²) in [5, 5.41) is 0. The third-order valence-electron chi connectivity index (χ3n) is 2.49. The molecular weight excluding hydrogens is 250 g/mol. The van der Waals surface area contributed by atoms with Crippen molar-refractivity contribution < 1.29 is 9.47 Å². The van der Waals surface area contributed by atoms with Crippen molar-refractivity contribution in [2.75, 3.05) is 7.11 Å². The Bertz CT molecular complexity index is 499. The van der Waals surface area contributed by atoms with E-state index >= 15 is 0 Å². The van der Waals surface area contributed by atoms with Gasteiger partial charge in [0.2, 0.25) is 0 Å². The monoisotopic (exact) mass is 263 g/mol. The van der Waals surface area contributed by atoms with Crippen LogP contribution in [0.5, 0.6) is 11.5 Å². The smallest absolute Gasteiger partial charge is 0.123 e. The molecule has 2 rings (SSSR count). The second-order valence-corrected chi connectivity index (χ2v) is 4.02. The summed E-state index contributed by atoms with van der Waals surface area (Å²) in [4.78, 5) is 4.11. The lowest BCUT2D eigenvalue weighted by Gasteiger charge is -2.07. The van der Waals surface area contributed by atoms with Gasteiger partial charge in [-0.3, -0.25) is 4.98 Å². The van der Waals surface area contributed by atoms with Gasteiger partial charge in [0.25, 0.3) is 0 Å². The summed E-state index contributed by atoms with van der Waals surface area (Å²) in [6.45, 7) is 0.510. The fourth-order valence-electron chi connectivity index (χ4n) is 1.51. The molecule has 0 saturated carbocycles. The molecule has 0 bridgehead atoms. The SMILES string of the molecule is COc1ccc(COc2ccnc(CCl)c2)cc1. The van der Waals surface area contributed by atoms with E-state index in [2.05, 4.69) is 4.98 Å². The molecule has 1 aromatic carbocycles. The number of hydrogen-bond donors (Lipinski definition) is 0. The van der Waals surface area contributed by atoms with Gasteiger partial charge in [0, 0.05) is 12.3 Å². The van der Waals surface area contributed by atoms with Crippen molar-refractivity contribution in [2.24, 2.45) is 0 Å². The van der Waals surface area contributed by atoms with Gasteiger partial charge in [-0.2, -0.15) is 0 Å². The summed E-state index contributed by atoms with van der Waals surface area (Å²) in [6.07, 6.45) is 1.70. The van der Waals surface area contributed by atoms with E-state index in [9.17, 15) is 0 Å². The van der Waals surface area contributed by atoms with Crippen LogP contribution in [0, 0.1) is 0 Å². The molecule has 0 atom stereocenters. The maximum atomic E-state index is 5.72. The van der Waals surface area contributed by atoms with Gasteiger partial charge in [0.05, 0.1) is 18.7 Å². The Morgan fingerprint density at radius 3 is 2.56 bits per heavy atom. The second kappa shape index (κ2) is 6.26. The van der Waals surface area contributed by atoms with Crippen LogP contribution in [-0.4, -0.2) is 12.1 Å². The third kappa shape index (κ3) is 3.37. The first kappa shape index (κ1) is 12.7. The van der Waals surface area contributed by atoms with Gasteiger partial charge in [-0.15, -0.1) is 11.6 Å². The number of methoxy groups -OCH3 is 1. The summed E-state index contributed by atoms with van der Waals surface area (Å²) in [7, 11) is 1.65. The number of hydrogen-bond acceptors (Lipinski definition) is 3. The van der Waals surface area contributed by atoms with Crippen molar-refractivity contribution >= 4 is 11.6 Å². The Kier molecular flexibility index (Phi) is 4.42. The lowest BCUT2D eigenvalue weighted by atomic mass is 10.2. The van der Waals surface area contributed by atoms with Crippen LogP contribution in [0.4, 0.5) is 0 Å². The molecule has 94 valence electrons. The average molecular weight is 264 g/mol. The van der Waals surface area contributed by atoms with Crippen LogP contribution in [0.3, 0.4) is 0 Å². The Balaban J connectivity index is 1.97. The van der Waals surface area contributed by atoms with Crippen LogP contribution in [0.1, 0.15) is 11.3 Å². The number of benzene rings is 1. The van der Waals surface area contributed by atoms with E-state index in [0.29, 0.717) is 12.5 Å². The molecule has 1 heterocycles. The first-order valence-electron chi connectivity index (χ1n) is 5.58. The van der Waals surface area contributed by atoms with E-state index in [0.717, 1.165) is 22.8 Å². The molecule has 18 heavy (non-hydrogen) atoms. The van der Waals surface area contributed by atoms with Crippen LogP contribution in [0.25, 0.3) is 0 Å². The van der Waals surface area contributed by atoms with Gasteiger partial charge in [0.15, 0.2) is 0 Å². The average Bonchev–Trinajstić information content (AvgIpc) is 2.46. The predicted octanol–water partition coefficient (Wildman–Crippen LogP) is 3.41. The minimum absolute atomic E-state index is 0.389. The number of alkyl halides is 1. The number of ether oxygens (including phenoxy) is 2. The first-order valence-corrected chi connectivity index (χ1v) is 6.12. The van der Waals surface area contributed by atoms with Crippen LogP contribution in [-0.2, 0) is 12.5 Å². The fraction of sp³-hybridized carbons (Fsp3) is 0.214. The molecule has 0 radical (unpaired) electrons. The molecule has 1 aromatic heterocycles. The highest BCUT2D eigenvalue weighted by Gasteiger charge is 1.99. The largest absolute Gasteiger partial charge is 0.497 e. The van der Waals surface area contributed by atoms with Crippen molar-refractivity contribution in [2.45, 2.75) is 12.5 Å². The van der Waals surface area contributed by atoms with Gasteiger partial charge in [-0.25, -0.2) is 0 Å². The molecule has 0 aliphatic carbocycles. The zero-order valence-corrected chi connectivity index (χ0v) is 10.9. The normalized spacial score (nSPS) is 10.1. The molecule has 0 amide bonds. The van der Waals surface area contributed by atoms with Crippen LogP contribution in [0.2, 0.25) is 0 Å². The van der Waals surface area contributed by atoms with Gasteiger partial charge in [0.1, 0.15) is 18.1 Å². The Morgan fingerprint density at radius 1 is 1.11 bits per heavy atom. The van der Waals surface area contributed by atoms with Crippen LogP contribution in [0.15, 0.2) is 42.6 Å². The number of nitrogens with zero attached hydrogens (tertiary/aromatic N) is 1. The van der Waals surface area contributed by atoms with Gasteiger partial charge in [-0.05, 0) is 23.8 Å². The molecule has 0 saturated heterocycles. The predicted molar refractivity (Wildman–Crippen MR) is 71.1 cm³/mol. The van der Waals surface area contributed by atoms with Crippen molar-refractivity contribution in [3.8, 4) is 11.5 Å². The zero-order valence-electron chi connectivity index (χ0n) is 10.1. The highest BCUT2D eigenvalue weighted by Crippen LogP contribution is 2.16. The molecule has 0 fully saturated rings. The van der Waals surface area contributed by atoms with E-state index in [1.54, 1.807) is 13.3 Å². The van der Waals surface area contributed by atoms with Crippen molar-refractivity contribution in [1.82, 2.24) is 4.98 Å². The van der Waals surface area contributed by atoms with E-state index in [1.165, 1.54) is 0 Å². The first-order chi connectivity index (χ1) is 8.81. The van der Waals surface area contributed by atoms with Gasteiger partial charge < -0.3 is 9.47 Å². The van der Waals surface area contributed by atoms with Gasteiger partial charge >= 0.3 is 0 Å². The van der Waals surface area contributed by atoms with E-state index in [1.807, 2.05) is 36.4 Å². The highest BCUT2D eigenvalue weighted by molar-refractivity contribution is 6.16. The number of pyridine rings is 1. The summed E-state index contributed by atoms with van der Waals surface area (Å²) in [6, 6.07) is 11.4. The van der Waals surface area contributed by atoms with Crippen LogP contribution >= 0.6 is 11.6 Å². The van der Waals surface area contributed by atoms with E-state index in [4.69, 9.17) is 21.1 Å². The lowest BCUT2D eigenvalue weighted by Crippen LogP contribution is -1.96. The molecular formula is C14H14ClNO2. The molecule has 2 aromatic rings. The lowest BCUT2D eigenvalue weighted by molar-refractivity contribution is 0.305. The number of aromatic nitrogens is 1. The van der Waals surface area contributed by atoms with Gasteiger partial charge in [-0.1, -0.05) is 12.1 Å². The highest BCUT2D eigenvalue weighted by atomic mass is 35.5.